The molecule has 20 heavy (non-hydrogen) atoms. The van der Waals surface area contributed by atoms with Crippen LogP contribution in [-0.4, -0.2) is 36.1 Å². The molecule has 0 spiro atoms. The maximum atomic E-state index is 11.8. The Balaban J connectivity index is 2.15. The lowest BCUT2D eigenvalue weighted by Gasteiger charge is -2.21. The molecule has 1 atom stereocenters. The second kappa shape index (κ2) is 6.95. The Morgan fingerprint density at radius 3 is 2.85 bits per heavy atom. The van der Waals surface area contributed by atoms with Crippen LogP contribution in [0.15, 0.2) is 0 Å². The van der Waals surface area contributed by atoms with Crippen molar-refractivity contribution in [3.05, 3.63) is 15.6 Å². The molecular formula is C14H19NO4S. The van der Waals surface area contributed by atoms with E-state index in [1.54, 1.807) is 6.92 Å². The molecule has 1 saturated heterocycles. The molecule has 0 radical (unpaired) electrons. The number of ketones is 1. The van der Waals surface area contributed by atoms with Crippen molar-refractivity contribution in [1.29, 1.82) is 0 Å². The first-order valence-corrected chi connectivity index (χ1v) is 7.72. The molecule has 0 N–H and O–H groups in total. The average Bonchev–Trinajstić information content (AvgIpc) is 2.84. The highest BCUT2D eigenvalue weighted by atomic mass is 32.1. The first kappa shape index (κ1) is 15.1. The summed E-state index contributed by atoms with van der Waals surface area (Å²) in [5.74, 6) is -0.675. The van der Waals surface area contributed by atoms with Gasteiger partial charge in [-0.2, -0.15) is 0 Å². The fraction of sp³-hybridized carbons (Fsp3) is 0.643. The predicted molar refractivity (Wildman–Crippen MR) is 75.4 cm³/mol. The Morgan fingerprint density at radius 1 is 1.45 bits per heavy atom. The first-order valence-electron chi connectivity index (χ1n) is 6.91. The number of carbonyl (C=O) groups excluding carboxylic acids is 2. The third-order valence-corrected chi connectivity index (χ3v) is 4.31. The van der Waals surface area contributed by atoms with E-state index in [9.17, 15) is 9.59 Å². The SMILES string of the molecule is CCOC(=O)c1nc(CC2CCCCO2)sc1C(C)=O. The van der Waals surface area contributed by atoms with E-state index in [1.807, 2.05) is 0 Å². The molecule has 0 amide bonds. The average molecular weight is 297 g/mol. The normalized spacial score (nSPS) is 18.8. The van der Waals surface area contributed by atoms with E-state index >= 15 is 0 Å². The van der Waals surface area contributed by atoms with E-state index in [0.29, 0.717) is 11.3 Å². The molecule has 5 nitrogen and oxygen atoms in total. The number of thiazole rings is 1. The molecule has 1 aromatic rings. The molecule has 2 rings (SSSR count). The van der Waals surface area contributed by atoms with Crippen LogP contribution in [0.4, 0.5) is 0 Å². The van der Waals surface area contributed by atoms with Crippen molar-refractivity contribution in [1.82, 2.24) is 4.98 Å². The number of esters is 1. The Kier molecular flexibility index (Phi) is 5.25. The van der Waals surface area contributed by atoms with Crippen LogP contribution in [0.25, 0.3) is 0 Å². The Bertz CT molecular complexity index is 491. The van der Waals surface area contributed by atoms with Crippen molar-refractivity contribution in [3.8, 4) is 0 Å². The van der Waals surface area contributed by atoms with Gasteiger partial charge < -0.3 is 9.47 Å². The van der Waals surface area contributed by atoms with Gasteiger partial charge in [0.2, 0.25) is 0 Å². The van der Waals surface area contributed by atoms with E-state index in [0.717, 1.165) is 30.9 Å². The number of rotatable bonds is 5. The summed E-state index contributed by atoms with van der Waals surface area (Å²) in [5, 5.41) is 0.769. The molecule has 110 valence electrons. The van der Waals surface area contributed by atoms with Crippen LogP contribution in [0.1, 0.15) is 58.3 Å². The summed E-state index contributed by atoms with van der Waals surface area (Å²) in [4.78, 5) is 28.1. The van der Waals surface area contributed by atoms with Gasteiger partial charge in [0.25, 0.3) is 0 Å². The molecule has 0 aromatic carbocycles. The predicted octanol–water partition coefficient (Wildman–Crippen LogP) is 2.63. The molecule has 0 aliphatic carbocycles. The van der Waals surface area contributed by atoms with Gasteiger partial charge >= 0.3 is 5.97 Å². The lowest BCUT2D eigenvalue weighted by molar-refractivity contribution is 0.0167. The summed E-state index contributed by atoms with van der Waals surface area (Å²) >= 11 is 1.27. The maximum Gasteiger partial charge on any atom is 0.358 e. The summed E-state index contributed by atoms with van der Waals surface area (Å²) in [7, 11) is 0. The second-order valence-electron chi connectivity index (χ2n) is 4.75. The lowest BCUT2D eigenvalue weighted by atomic mass is 10.1. The number of hydrogen-bond acceptors (Lipinski definition) is 6. The first-order chi connectivity index (χ1) is 9.61. The number of nitrogens with zero attached hydrogens (tertiary/aromatic N) is 1. The van der Waals surface area contributed by atoms with Crippen molar-refractivity contribution >= 4 is 23.1 Å². The molecule has 0 bridgehead atoms. The van der Waals surface area contributed by atoms with Crippen LogP contribution in [-0.2, 0) is 15.9 Å². The zero-order valence-electron chi connectivity index (χ0n) is 11.8. The van der Waals surface area contributed by atoms with Crippen LogP contribution in [0.5, 0.6) is 0 Å². The smallest absolute Gasteiger partial charge is 0.358 e. The van der Waals surface area contributed by atoms with Gasteiger partial charge in [-0.05, 0) is 26.2 Å². The third kappa shape index (κ3) is 3.64. The highest BCUT2D eigenvalue weighted by molar-refractivity contribution is 7.14. The van der Waals surface area contributed by atoms with Crippen LogP contribution < -0.4 is 0 Å². The molecular weight excluding hydrogens is 278 g/mol. The number of hydrogen-bond donors (Lipinski definition) is 0. The summed E-state index contributed by atoms with van der Waals surface area (Å²) in [5.41, 5.74) is 0.148. The van der Waals surface area contributed by atoms with Gasteiger partial charge in [-0.15, -0.1) is 11.3 Å². The molecule has 6 heteroatoms. The number of aromatic nitrogens is 1. The molecule has 1 aliphatic rings. The monoisotopic (exact) mass is 297 g/mol. The topological polar surface area (TPSA) is 65.5 Å². The van der Waals surface area contributed by atoms with E-state index in [1.165, 1.54) is 18.3 Å². The fourth-order valence-corrected chi connectivity index (χ4v) is 3.20. The number of carbonyl (C=O) groups is 2. The summed E-state index contributed by atoms with van der Waals surface area (Å²) in [6, 6.07) is 0. The van der Waals surface area contributed by atoms with E-state index < -0.39 is 5.97 Å². The van der Waals surface area contributed by atoms with Gasteiger partial charge in [-0.1, -0.05) is 0 Å². The van der Waals surface area contributed by atoms with E-state index in [-0.39, 0.29) is 24.2 Å². The summed E-state index contributed by atoms with van der Waals surface area (Å²) in [6.07, 6.45) is 4.06. The minimum absolute atomic E-state index is 0.143. The summed E-state index contributed by atoms with van der Waals surface area (Å²) < 4.78 is 10.6. The highest BCUT2D eigenvalue weighted by Gasteiger charge is 2.24. The molecule has 1 aromatic heterocycles. The van der Waals surface area contributed by atoms with Crippen LogP contribution in [0.2, 0.25) is 0 Å². The number of ether oxygens (including phenoxy) is 2. The highest BCUT2D eigenvalue weighted by Crippen LogP contribution is 2.24. The van der Waals surface area contributed by atoms with Gasteiger partial charge in [0.1, 0.15) is 4.88 Å². The minimum Gasteiger partial charge on any atom is -0.461 e. The minimum atomic E-state index is -0.523. The fourth-order valence-electron chi connectivity index (χ4n) is 2.19. The standard InChI is InChI=1S/C14H19NO4S/c1-3-18-14(17)12-13(9(2)16)20-11(15-12)8-10-6-4-5-7-19-10/h10H,3-8H2,1-2H3. The largest absolute Gasteiger partial charge is 0.461 e. The quantitative estimate of drug-likeness (QED) is 0.617. The van der Waals surface area contributed by atoms with Crippen LogP contribution >= 0.6 is 11.3 Å². The van der Waals surface area contributed by atoms with Crippen molar-refractivity contribution in [2.45, 2.75) is 45.6 Å². The van der Waals surface area contributed by atoms with Crippen LogP contribution in [0.3, 0.4) is 0 Å². The lowest BCUT2D eigenvalue weighted by Crippen LogP contribution is -2.21. The zero-order chi connectivity index (χ0) is 14.5. The zero-order valence-corrected chi connectivity index (χ0v) is 12.6. The molecule has 0 saturated carbocycles. The van der Waals surface area contributed by atoms with Crippen molar-refractivity contribution in [2.24, 2.45) is 0 Å². The molecule has 1 fully saturated rings. The Hall–Kier alpha value is -1.27. The van der Waals surface area contributed by atoms with Crippen LogP contribution in [0, 0.1) is 0 Å². The van der Waals surface area contributed by atoms with E-state index in [2.05, 4.69) is 4.98 Å². The summed E-state index contributed by atoms with van der Waals surface area (Å²) in [6.45, 7) is 4.22. The molecule has 1 unspecified atom stereocenters. The number of Topliss-reactive ketones (excluding diaryl/α,β-unsaturated/α-hetero) is 1. The van der Waals surface area contributed by atoms with Crippen molar-refractivity contribution < 1.29 is 19.1 Å². The second-order valence-corrected chi connectivity index (χ2v) is 5.84. The molecule has 1 aliphatic heterocycles. The van der Waals surface area contributed by atoms with Gasteiger partial charge in [0.15, 0.2) is 11.5 Å². The maximum absolute atomic E-state index is 11.8. The van der Waals surface area contributed by atoms with E-state index in [4.69, 9.17) is 9.47 Å². The molecule has 2 heterocycles. The van der Waals surface area contributed by atoms with Gasteiger partial charge in [-0.25, -0.2) is 9.78 Å². The van der Waals surface area contributed by atoms with Gasteiger partial charge in [-0.3, -0.25) is 4.79 Å². The van der Waals surface area contributed by atoms with Gasteiger partial charge in [0, 0.05) is 20.0 Å². The third-order valence-electron chi connectivity index (χ3n) is 3.14. The van der Waals surface area contributed by atoms with Gasteiger partial charge in [0.05, 0.1) is 17.7 Å². The Labute approximate surface area is 122 Å². The Morgan fingerprint density at radius 2 is 2.25 bits per heavy atom. The van der Waals surface area contributed by atoms with Crippen molar-refractivity contribution in [2.75, 3.05) is 13.2 Å². The van der Waals surface area contributed by atoms with Crippen molar-refractivity contribution in [3.63, 3.8) is 0 Å².